The highest BCUT2D eigenvalue weighted by Crippen LogP contribution is 2.67. The minimum absolute atomic E-state index is 0.0555. The topological polar surface area (TPSA) is 111 Å². The van der Waals surface area contributed by atoms with Gasteiger partial charge in [0.25, 0.3) is 0 Å². The van der Waals surface area contributed by atoms with Crippen molar-refractivity contribution in [3.63, 3.8) is 0 Å². The first-order valence-corrected chi connectivity index (χ1v) is 16.4. The highest BCUT2D eigenvalue weighted by Gasteiger charge is 2.75. The zero-order valence-corrected chi connectivity index (χ0v) is 25.3. The number of rotatable bonds is 13. The molecule has 6 atom stereocenters. The molecule has 0 aromatic heterocycles. The lowest BCUT2D eigenvalue weighted by Crippen LogP contribution is -2.55. The first kappa shape index (κ1) is 29.8. The first-order valence-electron chi connectivity index (χ1n) is 14.6. The minimum atomic E-state index is -0.626. The van der Waals surface area contributed by atoms with Gasteiger partial charge in [-0.05, 0) is 24.8 Å². The van der Waals surface area contributed by atoms with Gasteiger partial charge in [0, 0.05) is 56.0 Å². The molecule has 220 valence electrons. The molecule has 4 aliphatic rings. The number of aliphatic hydroxyl groups is 1. The van der Waals surface area contributed by atoms with Crippen LogP contribution in [0.25, 0.3) is 0 Å². The van der Waals surface area contributed by atoms with Crippen molar-refractivity contribution in [2.75, 3.05) is 52.5 Å². The number of hydrogen-bond acceptors (Lipinski definition) is 7. The van der Waals surface area contributed by atoms with Crippen molar-refractivity contribution in [1.82, 2.24) is 20.4 Å². The van der Waals surface area contributed by atoms with E-state index in [0.29, 0.717) is 39.3 Å². The summed E-state index contributed by atoms with van der Waals surface area (Å²) in [5.41, 5.74) is 1.01. The summed E-state index contributed by atoms with van der Waals surface area (Å²) in [5, 5.41) is 15.3. The predicted molar refractivity (Wildman–Crippen MR) is 158 cm³/mol. The summed E-state index contributed by atoms with van der Waals surface area (Å²) in [7, 11) is 0. The summed E-state index contributed by atoms with van der Waals surface area (Å²) in [4.78, 5) is 45.7. The molecular weight excluding hydrogens is 596 g/mol. The molecule has 11 heteroatoms. The Balaban J connectivity index is 1.32. The lowest BCUT2D eigenvalue weighted by Gasteiger charge is -2.35. The molecule has 0 aliphatic carbocycles. The molecule has 9 nitrogen and oxygen atoms in total. The lowest BCUT2D eigenvalue weighted by atomic mass is 9.70. The van der Waals surface area contributed by atoms with E-state index in [4.69, 9.17) is 9.84 Å². The average molecular weight is 638 g/mol. The maximum atomic E-state index is 14.1. The number of thioether (sulfide) groups is 1. The van der Waals surface area contributed by atoms with Crippen molar-refractivity contribution in [2.24, 2.45) is 11.8 Å². The molecule has 1 spiro atoms. The Labute approximate surface area is 249 Å². The average Bonchev–Trinajstić information content (AvgIpc) is 3.56. The fourth-order valence-corrected chi connectivity index (χ4v) is 10.5. The Morgan fingerprint density at radius 3 is 2.55 bits per heavy atom. The molecule has 4 fully saturated rings. The number of alkyl halides is 1. The Bertz CT molecular complexity index is 1040. The summed E-state index contributed by atoms with van der Waals surface area (Å²) >= 11 is 5.51. The van der Waals surface area contributed by atoms with Crippen molar-refractivity contribution in [3.05, 3.63) is 35.9 Å². The van der Waals surface area contributed by atoms with Gasteiger partial charge in [-0.25, -0.2) is 0 Å². The summed E-state index contributed by atoms with van der Waals surface area (Å²) in [6.45, 7) is 5.44. The van der Waals surface area contributed by atoms with Gasteiger partial charge in [0.15, 0.2) is 0 Å². The van der Waals surface area contributed by atoms with Gasteiger partial charge in [0.1, 0.15) is 6.04 Å². The molecule has 4 heterocycles. The number of carbonyl (C=O) groups is 3. The minimum Gasteiger partial charge on any atom is -0.396 e. The zero-order chi connectivity index (χ0) is 28.1. The maximum absolute atomic E-state index is 14.1. The summed E-state index contributed by atoms with van der Waals surface area (Å²) in [6, 6.07) is 9.18. The largest absolute Gasteiger partial charge is 0.396 e. The molecule has 4 aliphatic heterocycles. The van der Waals surface area contributed by atoms with Gasteiger partial charge in [-0.3, -0.25) is 19.3 Å². The van der Waals surface area contributed by atoms with Crippen molar-refractivity contribution in [2.45, 2.75) is 59.5 Å². The molecule has 3 unspecified atom stereocenters. The molecule has 5 rings (SSSR count). The highest BCUT2D eigenvalue weighted by atomic mass is 79.9. The van der Waals surface area contributed by atoms with Crippen molar-refractivity contribution in [3.8, 4) is 0 Å². The molecule has 3 amide bonds. The quantitative estimate of drug-likeness (QED) is 0.224. The second-order valence-electron chi connectivity index (χ2n) is 11.3. The number of morpholine rings is 1. The number of benzene rings is 1. The molecule has 40 heavy (non-hydrogen) atoms. The van der Waals surface area contributed by atoms with Crippen LogP contribution in [0.4, 0.5) is 0 Å². The lowest BCUT2D eigenvalue weighted by molar-refractivity contribution is -0.140. The monoisotopic (exact) mass is 636 g/mol. The van der Waals surface area contributed by atoms with E-state index < -0.39 is 22.6 Å². The normalized spacial score (nSPS) is 31.4. The van der Waals surface area contributed by atoms with Crippen LogP contribution in [-0.4, -0.2) is 106 Å². The molecule has 2 bridgehead atoms. The second-order valence-corrected chi connectivity index (χ2v) is 14.0. The molecule has 3 N–H and O–H groups in total. The number of likely N-dealkylation sites (tertiary alicyclic amines) is 1. The second kappa shape index (κ2) is 13.5. The van der Waals surface area contributed by atoms with Gasteiger partial charge >= 0.3 is 0 Å². The van der Waals surface area contributed by atoms with Crippen LogP contribution < -0.4 is 10.6 Å². The van der Waals surface area contributed by atoms with Crippen LogP contribution in [0.5, 0.6) is 0 Å². The Morgan fingerprint density at radius 1 is 1.05 bits per heavy atom. The van der Waals surface area contributed by atoms with Crippen molar-refractivity contribution < 1.29 is 24.2 Å². The van der Waals surface area contributed by atoms with E-state index in [1.807, 2.05) is 30.3 Å². The molecule has 1 aromatic rings. The number of halogens is 1. The van der Waals surface area contributed by atoms with E-state index in [0.717, 1.165) is 50.9 Å². The highest BCUT2D eigenvalue weighted by molar-refractivity contribution is 9.09. The SMILES string of the molecule is O=C(NCCN1CCOCC1)C1N(CCCCCCO)C(=O)[C@@H]2[C@@H](C(=O)NCc3ccccc3)[C@@H]3SC12CC3Br. The third-order valence-electron chi connectivity index (χ3n) is 8.79. The molecule has 0 saturated carbocycles. The number of aliphatic hydroxyl groups excluding tert-OH is 1. The van der Waals surface area contributed by atoms with Crippen molar-refractivity contribution in [1.29, 1.82) is 0 Å². The standard InChI is InChI=1S/C29H41BrN4O5S/c30-21-18-29-23(22(24(21)40-29)26(36)32-19-20-8-4-3-5-9-20)28(38)34(11-6-1-2-7-15-35)25(29)27(37)31-10-12-33-13-16-39-17-14-33/h3-5,8-9,21-25,35H,1-2,6-7,10-19H2,(H,31,37)(H,32,36)/t21?,22-,23+,24-,25?,29?/m1/s1. The van der Waals surface area contributed by atoms with Crippen LogP contribution in [0, 0.1) is 11.8 Å². The third-order valence-corrected chi connectivity index (χ3v) is 12.0. The number of nitrogens with zero attached hydrogens (tertiary/aromatic N) is 2. The number of amides is 3. The van der Waals surface area contributed by atoms with Gasteiger partial charge in [-0.15, -0.1) is 11.8 Å². The van der Waals surface area contributed by atoms with Crippen LogP contribution >= 0.6 is 27.7 Å². The van der Waals surface area contributed by atoms with E-state index >= 15 is 0 Å². The Hall–Kier alpha value is -1.66. The number of unbranched alkanes of at least 4 members (excludes halogenated alkanes) is 3. The van der Waals surface area contributed by atoms with Crippen LogP contribution in [0.15, 0.2) is 30.3 Å². The number of hydrogen-bond donors (Lipinski definition) is 3. The summed E-state index contributed by atoms with van der Waals surface area (Å²) in [6.07, 6.45) is 3.95. The molecule has 1 aromatic carbocycles. The fourth-order valence-electron chi connectivity index (χ4n) is 6.88. The number of nitrogens with one attached hydrogen (secondary N) is 2. The first-order chi connectivity index (χ1) is 19.5. The Kier molecular flexibility index (Phi) is 10.1. The van der Waals surface area contributed by atoms with Crippen LogP contribution in [0.2, 0.25) is 0 Å². The molecular formula is C29H41BrN4O5S. The van der Waals surface area contributed by atoms with Crippen LogP contribution in [-0.2, 0) is 25.7 Å². The van der Waals surface area contributed by atoms with Gasteiger partial charge in [-0.2, -0.15) is 0 Å². The molecule has 0 radical (unpaired) electrons. The van der Waals surface area contributed by atoms with Crippen LogP contribution in [0.1, 0.15) is 37.7 Å². The number of carbonyl (C=O) groups excluding carboxylic acids is 3. The van der Waals surface area contributed by atoms with Gasteiger partial charge in [-0.1, -0.05) is 59.1 Å². The zero-order valence-electron chi connectivity index (χ0n) is 22.9. The van der Waals surface area contributed by atoms with Gasteiger partial charge < -0.3 is 25.4 Å². The predicted octanol–water partition coefficient (Wildman–Crippen LogP) is 1.77. The van der Waals surface area contributed by atoms with E-state index in [1.165, 1.54) is 0 Å². The summed E-state index contributed by atoms with van der Waals surface area (Å²) in [5.74, 6) is -1.29. The van der Waals surface area contributed by atoms with E-state index in [1.54, 1.807) is 16.7 Å². The van der Waals surface area contributed by atoms with Crippen LogP contribution in [0.3, 0.4) is 0 Å². The van der Waals surface area contributed by atoms with E-state index in [9.17, 15) is 14.4 Å². The van der Waals surface area contributed by atoms with Gasteiger partial charge in [0.05, 0.1) is 29.8 Å². The Morgan fingerprint density at radius 2 is 1.80 bits per heavy atom. The number of ether oxygens (including phenoxy) is 1. The fraction of sp³-hybridized carbons (Fsp3) is 0.690. The van der Waals surface area contributed by atoms with Gasteiger partial charge in [0.2, 0.25) is 17.7 Å². The maximum Gasteiger partial charge on any atom is 0.244 e. The van der Waals surface area contributed by atoms with E-state index in [2.05, 4.69) is 31.5 Å². The van der Waals surface area contributed by atoms with Crippen molar-refractivity contribution >= 4 is 45.4 Å². The smallest absolute Gasteiger partial charge is 0.244 e. The third kappa shape index (κ3) is 6.09. The number of fused-ring (bicyclic) bond motifs is 1. The molecule has 4 saturated heterocycles. The van der Waals surface area contributed by atoms with E-state index in [-0.39, 0.29) is 34.4 Å². The summed E-state index contributed by atoms with van der Waals surface area (Å²) < 4.78 is 4.80.